The maximum absolute atomic E-state index is 9.08. The summed E-state index contributed by atoms with van der Waals surface area (Å²) in [5.74, 6) is 0. The van der Waals surface area contributed by atoms with Crippen LogP contribution in [0.3, 0.4) is 0 Å². The van der Waals surface area contributed by atoms with Crippen LogP contribution in [0.1, 0.15) is 17.7 Å². The Hall–Kier alpha value is -1.71. The van der Waals surface area contributed by atoms with Gasteiger partial charge in [0.1, 0.15) is 0 Å². The molecule has 3 heteroatoms. The highest BCUT2D eigenvalue weighted by Gasteiger charge is 2.01. The molecule has 3 N–H and O–H groups in total. The molecule has 2 aromatic rings. The first-order chi connectivity index (χ1) is 8.83. The van der Waals surface area contributed by atoms with E-state index in [9.17, 15) is 0 Å². The second-order valence-corrected chi connectivity index (χ2v) is 4.26. The van der Waals surface area contributed by atoms with E-state index >= 15 is 0 Å². The summed E-state index contributed by atoms with van der Waals surface area (Å²) in [4.78, 5) is 4.38. The molecule has 0 aliphatic heterocycles. The third-order valence-corrected chi connectivity index (χ3v) is 2.89. The van der Waals surface area contributed by atoms with E-state index in [1.54, 1.807) is 0 Å². The highest BCUT2D eigenvalue weighted by molar-refractivity contribution is 5.59. The number of nitrogens with zero attached hydrogens (tertiary/aromatic N) is 1. The molecule has 94 valence electrons. The van der Waals surface area contributed by atoms with Crippen LogP contribution in [0.25, 0.3) is 11.3 Å². The van der Waals surface area contributed by atoms with Gasteiger partial charge in [-0.2, -0.15) is 0 Å². The van der Waals surface area contributed by atoms with Crippen molar-refractivity contribution in [3.8, 4) is 11.3 Å². The summed E-state index contributed by atoms with van der Waals surface area (Å²) in [6.45, 7) is 0.699. The zero-order valence-electron chi connectivity index (χ0n) is 10.3. The smallest absolute Gasteiger partial charge is 0.0853 e. The molecule has 2 rings (SSSR count). The Bertz CT molecular complexity index is 494. The highest BCUT2D eigenvalue weighted by atomic mass is 16.3. The van der Waals surface area contributed by atoms with Crippen LogP contribution in [0, 0.1) is 0 Å². The summed E-state index contributed by atoms with van der Waals surface area (Å²) in [6.07, 6.45) is 2.03. The lowest BCUT2D eigenvalue weighted by Crippen LogP contribution is -2.00. The Morgan fingerprint density at radius 1 is 1.06 bits per heavy atom. The zero-order valence-corrected chi connectivity index (χ0v) is 10.3. The Morgan fingerprint density at radius 2 is 1.83 bits per heavy atom. The van der Waals surface area contributed by atoms with Crippen LogP contribution in [0.2, 0.25) is 0 Å². The fraction of sp³-hybridized carbons (Fsp3) is 0.267. The molecular formula is C15H18N2O. The van der Waals surface area contributed by atoms with E-state index < -0.39 is 0 Å². The van der Waals surface area contributed by atoms with Crippen molar-refractivity contribution in [3.05, 3.63) is 53.7 Å². The largest absolute Gasteiger partial charge is 0.390 e. The number of aromatic nitrogens is 1. The minimum Gasteiger partial charge on any atom is -0.390 e. The third kappa shape index (κ3) is 3.15. The summed E-state index contributed by atoms with van der Waals surface area (Å²) in [6, 6.07) is 14.0. The van der Waals surface area contributed by atoms with Gasteiger partial charge in [0.25, 0.3) is 0 Å². The van der Waals surface area contributed by atoms with E-state index in [4.69, 9.17) is 10.8 Å². The molecule has 3 nitrogen and oxygen atoms in total. The summed E-state index contributed by atoms with van der Waals surface area (Å²) < 4.78 is 0. The molecule has 1 aromatic heterocycles. The highest BCUT2D eigenvalue weighted by Crippen LogP contribution is 2.18. The van der Waals surface area contributed by atoms with Crippen molar-refractivity contribution in [1.82, 2.24) is 4.98 Å². The molecule has 0 saturated carbocycles. The van der Waals surface area contributed by atoms with E-state index in [0.29, 0.717) is 5.69 Å². The van der Waals surface area contributed by atoms with Gasteiger partial charge in [-0.1, -0.05) is 30.3 Å². The number of pyridine rings is 1. The molecule has 0 radical (unpaired) electrons. The molecule has 1 heterocycles. The van der Waals surface area contributed by atoms with Gasteiger partial charge in [-0.25, -0.2) is 0 Å². The van der Waals surface area contributed by atoms with Gasteiger partial charge in [0.05, 0.1) is 18.0 Å². The second-order valence-electron chi connectivity index (χ2n) is 4.26. The van der Waals surface area contributed by atoms with E-state index in [1.807, 2.05) is 18.2 Å². The second kappa shape index (κ2) is 6.28. The van der Waals surface area contributed by atoms with Gasteiger partial charge in [0.2, 0.25) is 0 Å². The summed E-state index contributed by atoms with van der Waals surface area (Å²) in [5, 5.41) is 9.08. The predicted octanol–water partition coefficient (Wildman–Crippen LogP) is 2.13. The molecule has 0 amide bonds. The molecule has 0 bridgehead atoms. The van der Waals surface area contributed by atoms with Gasteiger partial charge in [0, 0.05) is 5.56 Å². The number of hydrogen-bond donors (Lipinski definition) is 2. The number of nitrogens with two attached hydrogens (primary N) is 1. The molecule has 0 fully saturated rings. The SMILES string of the molecule is NCCCc1ccc(-c2cccc(CO)n2)cc1. The summed E-state index contributed by atoms with van der Waals surface area (Å²) in [7, 11) is 0. The normalized spacial score (nSPS) is 10.6. The minimum atomic E-state index is -0.0254. The van der Waals surface area contributed by atoms with Crippen LogP contribution in [0.15, 0.2) is 42.5 Å². The standard InChI is InChI=1S/C15H18N2O/c16-10-2-3-12-6-8-13(9-7-12)15-5-1-4-14(11-18)17-15/h1,4-9,18H,2-3,10-11,16H2. The van der Waals surface area contributed by atoms with Gasteiger partial charge in [-0.05, 0) is 37.1 Å². The summed E-state index contributed by atoms with van der Waals surface area (Å²) >= 11 is 0. The fourth-order valence-corrected chi connectivity index (χ4v) is 1.88. The van der Waals surface area contributed by atoms with E-state index in [2.05, 4.69) is 29.2 Å². The minimum absolute atomic E-state index is 0.0254. The summed E-state index contributed by atoms with van der Waals surface area (Å²) in [5.41, 5.74) is 9.45. The maximum Gasteiger partial charge on any atom is 0.0853 e. The monoisotopic (exact) mass is 242 g/mol. The van der Waals surface area contributed by atoms with E-state index in [0.717, 1.165) is 30.6 Å². The van der Waals surface area contributed by atoms with Crippen molar-refractivity contribution >= 4 is 0 Å². The van der Waals surface area contributed by atoms with Crippen LogP contribution in [-0.2, 0) is 13.0 Å². The Kier molecular flexibility index (Phi) is 4.45. The Balaban J connectivity index is 2.17. The molecule has 1 aromatic carbocycles. The van der Waals surface area contributed by atoms with Crippen molar-refractivity contribution in [2.24, 2.45) is 5.73 Å². The first kappa shape index (κ1) is 12.7. The molecule has 0 aliphatic rings. The maximum atomic E-state index is 9.08. The predicted molar refractivity (Wildman–Crippen MR) is 73.0 cm³/mol. The average molecular weight is 242 g/mol. The fourth-order valence-electron chi connectivity index (χ4n) is 1.88. The van der Waals surface area contributed by atoms with Crippen LogP contribution < -0.4 is 5.73 Å². The number of hydrogen-bond acceptors (Lipinski definition) is 3. The van der Waals surface area contributed by atoms with E-state index in [-0.39, 0.29) is 6.61 Å². The quantitative estimate of drug-likeness (QED) is 0.844. The van der Waals surface area contributed by atoms with Crippen LogP contribution >= 0.6 is 0 Å². The number of aryl methyl sites for hydroxylation is 1. The molecule has 0 atom stereocenters. The lowest BCUT2D eigenvalue weighted by atomic mass is 10.1. The van der Waals surface area contributed by atoms with Gasteiger partial charge in [0.15, 0.2) is 0 Å². The first-order valence-corrected chi connectivity index (χ1v) is 6.19. The number of benzene rings is 1. The number of aliphatic hydroxyl groups is 1. The topological polar surface area (TPSA) is 59.1 Å². The van der Waals surface area contributed by atoms with Gasteiger partial charge in [-0.3, -0.25) is 4.98 Å². The lowest BCUT2D eigenvalue weighted by Gasteiger charge is -2.05. The van der Waals surface area contributed by atoms with Crippen LogP contribution in [0.4, 0.5) is 0 Å². The molecule has 0 aliphatic carbocycles. The van der Waals surface area contributed by atoms with Crippen LogP contribution in [-0.4, -0.2) is 16.6 Å². The van der Waals surface area contributed by atoms with Crippen molar-refractivity contribution < 1.29 is 5.11 Å². The number of aliphatic hydroxyl groups excluding tert-OH is 1. The van der Waals surface area contributed by atoms with Gasteiger partial charge < -0.3 is 10.8 Å². The van der Waals surface area contributed by atoms with Crippen LogP contribution in [0.5, 0.6) is 0 Å². The molecule has 0 spiro atoms. The molecule has 18 heavy (non-hydrogen) atoms. The Morgan fingerprint density at radius 3 is 2.50 bits per heavy atom. The zero-order chi connectivity index (χ0) is 12.8. The lowest BCUT2D eigenvalue weighted by molar-refractivity contribution is 0.277. The first-order valence-electron chi connectivity index (χ1n) is 6.19. The van der Waals surface area contributed by atoms with Crippen molar-refractivity contribution in [1.29, 1.82) is 0 Å². The Labute approximate surface area is 107 Å². The van der Waals surface area contributed by atoms with Crippen molar-refractivity contribution in [2.75, 3.05) is 6.54 Å². The van der Waals surface area contributed by atoms with Crippen molar-refractivity contribution in [3.63, 3.8) is 0 Å². The van der Waals surface area contributed by atoms with Crippen molar-refractivity contribution in [2.45, 2.75) is 19.4 Å². The third-order valence-electron chi connectivity index (χ3n) is 2.89. The molecule has 0 unspecified atom stereocenters. The van der Waals surface area contributed by atoms with E-state index in [1.165, 1.54) is 5.56 Å². The average Bonchev–Trinajstić information content (AvgIpc) is 2.46. The molecule has 0 saturated heterocycles. The van der Waals surface area contributed by atoms with Gasteiger partial charge in [-0.15, -0.1) is 0 Å². The molecular weight excluding hydrogens is 224 g/mol. The van der Waals surface area contributed by atoms with Gasteiger partial charge >= 0.3 is 0 Å². The number of rotatable bonds is 5.